The molecule has 0 aromatic heterocycles. The van der Waals surface area contributed by atoms with Gasteiger partial charge in [-0.1, -0.05) is 18.2 Å². The predicted molar refractivity (Wildman–Crippen MR) is 80.2 cm³/mol. The maximum atomic E-state index is 11.1. The fourth-order valence-corrected chi connectivity index (χ4v) is 4.04. The summed E-state index contributed by atoms with van der Waals surface area (Å²) >= 11 is 0. The lowest BCUT2D eigenvalue weighted by Crippen LogP contribution is -2.54. The van der Waals surface area contributed by atoms with Crippen LogP contribution in [0.3, 0.4) is 0 Å². The third-order valence-electron chi connectivity index (χ3n) is 5.39. The van der Waals surface area contributed by atoms with Gasteiger partial charge in [0.05, 0.1) is 24.9 Å². The van der Waals surface area contributed by atoms with Crippen LogP contribution in [0.15, 0.2) is 24.3 Å². The summed E-state index contributed by atoms with van der Waals surface area (Å²) in [6, 6.07) is 8.53. The van der Waals surface area contributed by atoms with Gasteiger partial charge in [-0.3, -0.25) is 0 Å². The number of para-hydroxylation sites is 1. The molecule has 1 aliphatic carbocycles. The van der Waals surface area contributed by atoms with Crippen LogP contribution in [-0.4, -0.2) is 35.8 Å². The molecule has 4 nitrogen and oxygen atoms in total. The zero-order valence-electron chi connectivity index (χ0n) is 12.3. The van der Waals surface area contributed by atoms with Crippen LogP contribution in [0.1, 0.15) is 37.7 Å². The largest absolute Gasteiger partial charge is 0.388 e. The number of anilines is 1. The number of fused-ring (bicyclic) bond motifs is 1. The SMILES string of the molecule is OC1(C2CCc3ccccc3N2)CCC2(CC1)OCCO2. The van der Waals surface area contributed by atoms with Gasteiger partial charge in [0.15, 0.2) is 5.79 Å². The van der Waals surface area contributed by atoms with E-state index < -0.39 is 11.4 Å². The summed E-state index contributed by atoms with van der Waals surface area (Å²) in [5.74, 6) is -0.404. The fourth-order valence-electron chi connectivity index (χ4n) is 4.04. The molecule has 0 bridgehead atoms. The molecule has 0 radical (unpaired) electrons. The van der Waals surface area contributed by atoms with E-state index in [0.29, 0.717) is 13.2 Å². The van der Waals surface area contributed by atoms with E-state index in [4.69, 9.17) is 9.47 Å². The van der Waals surface area contributed by atoms with Gasteiger partial charge in [-0.05, 0) is 37.3 Å². The van der Waals surface area contributed by atoms with E-state index in [0.717, 1.165) is 38.5 Å². The van der Waals surface area contributed by atoms with Crippen molar-refractivity contribution >= 4 is 5.69 Å². The lowest BCUT2D eigenvalue weighted by atomic mass is 9.74. The molecule has 0 amide bonds. The topological polar surface area (TPSA) is 50.7 Å². The third-order valence-corrected chi connectivity index (χ3v) is 5.39. The lowest BCUT2D eigenvalue weighted by molar-refractivity contribution is -0.204. The Labute approximate surface area is 125 Å². The van der Waals surface area contributed by atoms with Gasteiger partial charge in [0.2, 0.25) is 0 Å². The number of hydrogen-bond acceptors (Lipinski definition) is 4. The first-order valence-corrected chi connectivity index (χ1v) is 8.04. The van der Waals surface area contributed by atoms with E-state index in [9.17, 15) is 5.11 Å². The van der Waals surface area contributed by atoms with Crippen LogP contribution in [0, 0.1) is 0 Å². The average Bonchev–Trinajstić information content (AvgIpc) is 2.99. The third kappa shape index (κ3) is 2.35. The zero-order chi connectivity index (χ0) is 14.3. The van der Waals surface area contributed by atoms with Gasteiger partial charge >= 0.3 is 0 Å². The molecule has 2 N–H and O–H groups in total. The second-order valence-corrected chi connectivity index (χ2v) is 6.60. The van der Waals surface area contributed by atoms with E-state index in [1.807, 2.05) is 6.07 Å². The van der Waals surface area contributed by atoms with Crippen molar-refractivity contribution in [2.45, 2.75) is 56.0 Å². The summed E-state index contributed by atoms with van der Waals surface area (Å²) in [5, 5.41) is 14.6. The molecule has 2 heterocycles. The van der Waals surface area contributed by atoms with Gasteiger partial charge in [-0.25, -0.2) is 0 Å². The van der Waals surface area contributed by atoms with E-state index in [2.05, 4.69) is 23.5 Å². The fraction of sp³-hybridized carbons (Fsp3) is 0.647. The van der Waals surface area contributed by atoms with Crippen molar-refractivity contribution in [3.8, 4) is 0 Å². The quantitative estimate of drug-likeness (QED) is 0.834. The molecule has 1 aromatic carbocycles. The van der Waals surface area contributed by atoms with Crippen LogP contribution >= 0.6 is 0 Å². The summed E-state index contributed by atoms with van der Waals surface area (Å²) in [4.78, 5) is 0. The summed E-state index contributed by atoms with van der Waals surface area (Å²) in [6.07, 6.45) is 5.10. The average molecular weight is 289 g/mol. The van der Waals surface area contributed by atoms with Crippen LogP contribution in [0.2, 0.25) is 0 Å². The molecule has 1 atom stereocenters. The number of aliphatic hydroxyl groups is 1. The molecule has 3 aliphatic rings. The van der Waals surface area contributed by atoms with Gasteiger partial charge in [-0.2, -0.15) is 0 Å². The van der Waals surface area contributed by atoms with E-state index in [1.54, 1.807) is 0 Å². The van der Waals surface area contributed by atoms with E-state index in [1.165, 1.54) is 11.3 Å². The van der Waals surface area contributed by atoms with Gasteiger partial charge in [0, 0.05) is 18.5 Å². The van der Waals surface area contributed by atoms with Crippen molar-refractivity contribution in [1.82, 2.24) is 0 Å². The summed E-state index contributed by atoms with van der Waals surface area (Å²) in [7, 11) is 0. The second-order valence-electron chi connectivity index (χ2n) is 6.60. The van der Waals surface area contributed by atoms with Crippen molar-refractivity contribution < 1.29 is 14.6 Å². The number of rotatable bonds is 1. The summed E-state index contributed by atoms with van der Waals surface area (Å²) in [5.41, 5.74) is 1.89. The monoisotopic (exact) mass is 289 g/mol. The molecule has 4 heteroatoms. The number of ether oxygens (including phenoxy) is 2. The number of benzene rings is 1. The molecule has 2 aliphatic heterocycles. The van der Waals surface area contributed by atoms with Crippen LogP contribution in [0.4, 0.5) is 5.69 Å². The van der Waals surface area contributed by atoms with E-state index >= 15 is 0 Å². The smallest absolute Gasteiger partial charge is 0.168 e. The molecule has 2 fully saturated rings. The molecular formula is C17H23NO3. The maximum absolute atomic E-state index is 11.1. The molecule has 114 valence electrons. The lowest BCUT2D eigenvalue weighted by Gasteiger charge is -2.46. The highest BCUT2D eigenvalue weighted by Crippen LogP contribution is 2.44. The van der Waals surface area contributed by atoms with E-state index in [-0.39, 0.29) is 6.04 Å². The minimum Gasteiger partial charge on any atom is -0.388 e. The molecule has 1 saturated heterocycles. The van der Waals surface area contributed by atoms with Gasteiger partial charge in [0.1, 0.15) is 0 Å². The van der Waals surface area contributed by atoms with Crippen molar-refractivity contribution in [3.63, 3.8) is 0 Å². The minimum absolute atomic E-state index is 0.131. The Hall–Kier alpha value is -1.10. The molecule has 1 spiro atoms. The first-order valence-electron chi connectivity index (χ1n) is 8.04. The molecule has 4 rings (SSSR count). The number of aryl methyl sites for hydroxylation is 1. The Morgan fingerprint density at radius 3 is 2.52 bits per heavy atom. The Kier molecular flexibility index (Phi) is 3.21. The van der Waals surface area contributed by atoms with Crippen LogP contribution in [0.25, 0.3) is 0 Å². The molecule has 1 saturated carbocycles. The van der Waals surface area contributed by atoms with Gasteiger partial charge in [-0.15, -0.1) is 0 Å². The highest BCUT2D eigenvalue weighted by atomic mass is 16.7. The Balaban J connectivity index is 1.47. The van der Waals surface area contributed by atoms with Gasteiger partial charge < -0.3 is 19.9 Å². The first-order chi connectivity index (χ1) is 10.2. The van der Waals surface area contributed by atoms with Crippen molar-refractivity contribution in [2.75, 3.05) is 18.5 Å². The standard InChI is InChI=1S/C17H23NO3/c19-16(7-9-17(10-8-16)20-11-12-21-17)15-6-5-13-3-1-2-4-14(13)18-15/h1-4,15,18-19H,5-12H2. The van der Waals surface area contributed by atoms with Crippen LogP contribution in [0.5, 0.6) is 0 Å². The zero-order valence-corrected chi connectivity index (χ0v) is 12.3. The highest BCUT2D eigenvalue weighted by Gasteiger charge is 2.49. The van der Waals surface area contributed by atoms with Gasteiger partial charge in [0.25, 0.3) is 0 Å². The first kappa shape index (κ1) is 13.6. The summed E-state index contributed by atoms with van der Waals surface area (Å²) in [6.45, 7) is 1.38. The summed E-state index contributed by atoms with van der Waals surface area (Å²) < 4.78 is 11.5. The Morgan fingerprint density at radius 1 is 1.05 bits per heavy atom. The van der Waals surface area contributed by atoms with Crippen molar-refractivity contribution in [1.29, 1.82) is 0 Å². The molecule has 1 unspecified atom stereocenters. The van der Waals surface area contributed by atoms with Crippen molar-refractivity contribution in [2.24, 2.45) is 0 Å². The minimum atomic E-state index is -0.645. The second kappa shape index (κ2) is 4.97. The maximum Gasteiger partial charge on any atom is 0.168 e. The highest BCUT2D eigenvalue weighted by molar-refractivity contribution is 5.54. The van der Waals surface area contributed by atoms with Crippen molar-refractivity contribution in [3.05, 3.63) is 29.8 Å². The normalized spacial score (nSPS) is 29.9. The Morgan fingerprint density at radius 2 is 1.76 bits per heavy atom. The van der Waals surface area contributed by atoms with Crippen LogP contribution < -0.4 is 5.32 Å². The predicted octanol–water partition coefficient (Wildman–Crippen LogP) is 2.46. The molecule has 1 aromatic rings. The molecule has 21 heavy (non-hydrogen) atoms. The van der Waals surface area contributed by atoms with Crippen LogP contribution in [-0.2, 0) is 15.9 Å². The Bertz CT molecular complexity index is 515. The number of nitrogens with one attached hydrogen (secondary N) is 1. The molecular weight excluding hydrogens is 266 g/mol. The number of hydrogen-bond donors (Lipinski definition) is 2.